The lowest BCUT2D eigenvalue weighted by Gasteiger charge is -2.00. The van der Waals surface area contributed by atoms with Crippen molar-refractivity contribution in [2.45, 2.75) is 39.0 Å². The minimum Gasteiger partial charge on any atom is -0.462 e. The van der Waals surface area contributed by atoms with Gasteiger partial charge in [-0.3, -0.25) is 4.79 Å². The highest BCUT2D eigenvalue weighted by Crippen LogP contribution is 2.30. The van der Waals surface area contributed by atoms with Gasteiger partial charge in [-0.05, 0) is 19.3 Å². The Morgan fingerprint density at radius 3 is 2.69 bits per heavy atom. The highest BCUT2D eigenvalue weighted by molar-refractivity contribution is 5.82. The summed E-state index contributed by atoms with van der Waals surface area (Å²) in [6.45, 7) is 2.51. The number of hydrogen-bond donors (Lipinski definition) is 0. The number of carbonyl (C=O) groups excluding carboxylic acids is 2. The molecule has 1 saturated carbocycles. The van der Waals surface area contributed by atoms with Crippen LogP contribution in [0.2, 0.25) is 0 Å². The van der Waals surface area contributed by atoms with E-state index in [2.05, 4.69) is 6.92 Å². The van der Waals surface area contributed by atoms with E-state index in [0.717, 1.165) is 44.4 Å². The average molecular weight is 226 g/mol. The summed E-state index contributed by atoms with van der Waals surface area (Å²) in [7, 11) is 0. The van der Waals surface area contributed by atoms with Crippen molar-refractivity contribution in [2.24, 2.45) is 5.92 Å². The molecular weight excluding hydrogens is 208 g/mol. The molecule has 0 N–H and O–H groups in total. The lowest BCUT2D eigenvalue weighted by atomic mass is 10.3. The second-order valence-corrected chi connectivity index (χ2v) is 3.89. The summed E-state index contributed by atoms with van der Waals surface area (Å²) in [4.78, 5) is 22.1. The molecule has 0 aliphatic heterocycles. The molecule has 0 aromatic heterocycles. The van der Waals surface area contributed by atoms with Gasteiger partial charge in [0.25, 0.3) is 0 Å². The maximum atomic E-state index is 11.1. The predicted molar refractivity (Wildman–Crippen MR) is 58.4 cm³/mol. The molecule has 4 heteroatoms. The second kappa shape index (κ2) is 7.04. The zero-order valence-electron chi connectivity index (χ0n) is 9.61. The summed E-state index contributed by atoms with van der Waals surface area (Å²) in [6, 6.07) is 0. The Morgan fingerprint density at radius 1 is 1.31 bits per heavy atom. The van der Waals surface area contributed by atoms with Crippen LogP contribution in [0.1, 0.15) is 39.0 Å². The Labute approximate surface area is 95.6 Å². The lowest BCUT2D eigenvalue weighted by molar-refractivity contribution is -0.140. The van der Waals surface area contributed by atoms with Crippen LogP contribution in [0.15, 0.2) is 12.3 Å². The smallest absolute Gasteiger partial charge is 0.333 e. The van der Waals surface area contributed by atoms with Crippen molar-refractivity contribution in [3.05, 3.63) is 12.3 Å². The first-order valence-corrected chi connectivity index (χ1v) is 5.78. The Balaban J connectivity index is 2.03. The molecule has 0 bridgehead atoms. The normalized spacial score (nSPS) is 15.1. The molecule has 0 unspecified atom stereocenters. The summed E-state index contributed by atoms with van der Waals surface area (Å²) in [5.74, 6) is -0.667. The van der Waals surface area contributed by atoms with E-state index in [9.17, 15) is 9.59 Å². The maximum Gasteiger partial charge on any atom is 0.333 e. The molecule has 90 valence electrons. The van der Waals surface area contributed by atoms with Crippen molar-refractivity contribution in [3.8, 4) is 0 Å². The third-order valence-electron chi connectivity index (χ3n) is 2.29. The van der Waals surface area contributed by atoms with Crippen LogP contribution in [0, 0.1) is 5.92 Å². The van der Waals surface area contributed by atoms with Crippen molar-refractivity contribution >= 4 is 11.9 Å². The molecule has 0 amide bonds. The van der Waals surface area contributed by atoms with Crippen LogP contribution in [0.25, 0.3) is 0 Å². The Hall–Kier alpha value is -1.32. The van der Waals surface area contributed by atoms with Crippen molar-refractivity contribution in [3.63, 3.8) is 0 Å². The van der Waals surface area contributed by atoms with Crippen LogP contribution < -0.4 is 0 Å². The first kappa shape index (κ1) is 12.7. The van der Waals surface area contributed by atoms with Gasteiger partial charge in [0.2, 0.25) is 0 Å². The lowest BCUT2D eigenvalue weighted by Crippen LogP contribution is -2.04. The monoisotopic (exact) mass is 226 g/mol. The number of hydrogen-bond acceptors (Lipinski definition) is 4. The molecule has 1 aliphatic rings. The summed E-state index contributed by atoms with van der Waals surface area (Å²) in [6.07, 6.45) is 7.06. The summed E-state index contributed by atoms with van der Waals surface area (Å²) >= 11 is 0. The maximum absolute atomic E-state index is 11.1. The zero-order chi connectivity index (χ0) is 11.8. The summed E-state index contributed by atoms with van der Waals surface area (Å²) < 4.78 is 9.63. The third kappa shape index (κ3) is 5.53. The zero-order valence-corrected chi connectivity index (χ0v) is 9.61. The molecule has 1 aliphatic carbocycles. The summed E-state index contributed by atoms with van der Waals surface area (Å²) in [5.41, 5.74) is 0. The minimum absolute atomic E-state index is 0.0465. The molecule has 0 saturated heterocycles. The van der Waals surface area contributed by atoms with Crippen molar-refractivity contribution in [2.75, 3.05) is 6.61 Å². The van der Waals surface area contributed by atoms with E-state index in [1.165, 1.54) is 0 Å². The topological polar surface area (TPSA) is 52.6 Å². The molecule has 16 heavy (non-hydrogen) atoms. The van der Waals surface area contributed by atoms with Crippen molar-refractivity contribution in [1.82, 2.24) is 0 Å². The van der Waals surface area contributed by atoms with Gasteiger partial charge in [-0.15, -0.1) is 0 Å². The fourth-order valence-corrected chi connectivity index (χ4v) is 1.14. The van der Waals surface area contributed by atoms with E-state index < -0.39 is 5.97 Å². The first-order chi connectivity index (χ1) is 7.74. The molecule has 0 spiro atoms. The largest absolute Gasteiger partial charge is 0.462 e. The fraction of sp³-hybridized carbons (Fsp3) is 0.667. The number of esters is 2. The van der Waals surface area contributed by atoms with Gasteiger partial charge in [-0.25, -0.2) is 4.79 Å². The predicted octanol–water partition coefficient (Wildman–Crippen LogP) is 2.19. The molecule has 0 radical (unpaired) electrons. The van der Waals surface area contributed by atoms with E-state index in [1.54, 1.807) is 0 Å². The van der Waals surface area contributed by atoms with Crippen molar-refractivity contribution < 1.29 is 19.1 Å². The molecular formula is C12H18O4. The molecule has 0 aromatic carbocycles. The van der Waals surface area contributed by atoms with Gasteiger partial charge >= 0.3 is 11.9 Å². The number of ether oxygens (including phenoxy) is 2. The SMILES string of the molecule is CCCCCOC(=O)/C=C/OC(=O)C1CC1. The molecule has 1 fully saturated rings. The Bertz CT molecular complexity index is 266. The first-order valence-electron chi connectivity index (χ1n) is 5.78. The Morgan fingerprint density at radius 2 is 2.06 bits per heavy atom. The van der Waals surface area contributed by atoms with Gasteiger partial charge < -0.3 is 9.47 Å². The standard InChI is InChI=1S/C12H18O4/c1-2-3-4-8-15-11(13)7-9-16-12(14)10-5-6-10/h7,9-10H,2-6,8H2,1H3/b9-7+. The van der Waals surface area contributed by atoms with E-state index in [-0.39, 0.29) is 11.9 Å². The number of unbranched alkanes of at least 4 members (excludes halogenated alkanes) is 2. The van der Waals surface area contributed by atoms with Crippen LogP contribution in [-0.4, -0.2) is 18.5 Å². The van der Waals surface area contributed by atoms with E-state index >= 15 is 0 Å². The molecule has 0 atom stereocenters. The van der Waals surface area contributed by atoms with Crippen LogP contribution in [0.5, 0.6) is 0 Å². The van der Waals surface area contributed by atoms with Gasteiger partial charge in [-0.1, -0.05) is 19.8 Å². The molecule has 1 rings (SSSR count). The van der Waals surface area contributed by atoms with Gasteiger partial charge in [0, 0.05) is 0 Å². The molecule has 0 heterocycles. The minimum atomic E-state index is -0.459. The van der Waals surface area contributed by atoms with Crippen LogP contribution in [-0.2, 0) is 19.1 Å². The molecule has 0 aromatic rings. The van der Waals surface area contributed by atoms with Crippen LogP contribution in [0.4, 0.5) is 0 Å². The third-order valence-corrected chi connectivity index (χ3v) is 2.29. The summed E-state index contributed by atoms with van der Waals surface area (Å²) in [5, 5.41) is 0. The number of carbonyl (C=O) groups is 2. The van der Waals surface area contributed by atoms with E-state index in [1.807, 2.05) is 0 Å². The van der Waals surface area contributed by atoms with Gasteiger partial charge in [0.15, 0.2) is 0 Å². The van der Waals surface area contributed by atoms with Gasteiger partial charge in [0.05, 0.1) is 18.6 Å². The average Bonchev–Trinajstić information content (AvgIpc) is 3.08. The fourth-order valence-electron chi connectivity index (χ4n) is 1.14. The quantitative estimate of drug-likeness (QED) is 0.289. The number of rotatable bonds is 7. The van der Waals surface area contributed by atoms with Gasteiger partial charge in [-0.2, -0.15) is 0 Å². The highest BCUT2D eigenvalue weighted by atomic mass is 16.5. The van der Waals surface area contributed by atoms with Crippen molar-refractivity contribution in [1.29, 1.82) is 0 Å². The molecule has 4 nitrogen and oxygen atoms in total. The Kier molecular flexibility index (Phi) is 5.61. The second-order valence-electron chi connectivity index (χ2n) is 3.89. The highest BCUT2D eigenvalue weighted by Gasteiger charge is 2.30. The van der Waals surface area contributed by atoms with E-state index in [4.69, 9.17) is 9.47 Å². The van der Waals surface area contributed by atoms with Crippen LogP contribution >= 0.6 is 0 Å². The van der Waals surface area contributed by atoms with Gasteiger partial charge in [0.1, 0.15) is 6.26 Å². The van der Waals surface area contributed by atoms with E-state index in [0.29, 0.717) is 6.61 Å². The van der Waals surface area contributed by atoms with Crippen LogP contribution in [0.3, 0.4) is 0 Å².